The summed E-state index contributed by atoms with van der Waals surface area (Å²) in [5.74, 6) is 3.21. The van der Waals surface area contributed by atoms with E-state index in [-0.39, 0.29) is 0 Å². The number of ketones is 1. The highest BCUT2D eigenvalue weighted by atomic mass is 16.1. The average Bonchev–Trinajstić information content (AvgIpc) is 3.10. The summed E-state index contributed by atoms with van der Waals surface area (Å²) in [4.78, 5) is 12.2. The van der Waals surface area contributed by atoms with Crippen molar-refractivity contribution in [3.8, 4) is 0 Å². The minimum absolute atomic E-state index is 0.373. The third-order valence-electron chi connectivity index (χ3n) is 10.0. The van der Waals surface area contributed by atoms with Gasteiger partial charge in [0.15, 0.2) is 0 Å². The molecule has 4 unspecified atom stereocenters. The zero-order valence-electron chi connectivity index (χ0n) is 16.2. The predicted molar refractivity (Wildman–Crippen MR) is 102 cm³/mol. The maximum Gasteiger partial charge on any atom is 0.133 e. The summed E-state index contributed by atoms with van der Waals surface area (Å²) in [7, 11) is 0. The van der Waals surface area contributed by atoms with Crippen LogP contribution in [0.5, 0.6) is 0 Å². The van der Waals surface area contributed by atoms with Gasteiger partial charge in [-0.15, -0.1) is 0 Å². The molecule has 0 aromatic carbocycles. The minimum Gasteiger partial charge on any atom is -0.300 e. The molecule has 25 heavy (non-hydrogen) atoms. The minimum atomic E-state index is 0.373. The van der Waals surface area contributed by atoms with Crippen molar-refractivity contribution in [2.75, 3.05) is 0 Å². The molecular weight excluding hydrogens is 304 g/mol. The molecule has 0 N–H and O–H groups in total. The second kappa shape index (κ2) is 5.11. The van der Waals surface area contributed by atoms with Gasteiger partial charge in [0, 0.05) is 12.8 Å². The molecule has 6 atom stereocenters. The zero-order valence-corrected chi connectivity index (χ0v) is 16.2. The predicted octanol–water partition coefficient (Wildman–Crippen LogP) is 6.24. The van der Waals surface area contributed by atoms with Gasteiger partial charge in [0.05, 0.1) is 0 Å². The second-order valence-electron chi connectivity index (χ2n) is 10.7. The largest absolute Gasteiger partial charge is 0.300 e. The molecular formula is C24H34O. The summed E-state index contributed by atoms with van der Waals surface area (Å²) in [6.07, 6.45) is 16.1. The fourth-order valence-electron chi connectivity index (χ4n) is 8.51. The number of hydrogen-bond donors (Lipinski definition) is 0. The number of carbonyl (C=O) groups excluding carboxylic acids is 1. The Labute approximate surface area is 153 Å². The lowest BCUT2D eigenvalue weighted by molar-refractivity contribution is -0.120. The van der Waals surface area contributed by atoms with Gasteiger partial charge in [0.25, 0.3) is 0 Å². The lowest BCUT2D eigenvalue weighted by Crippen LogP contribution is -2.52. The Balaban J connectivity index is 1.49. The van der Waals surface area contributed by atoms with Crippen molar-refractivity contribution in [3.63, 3.8) is 0 Å². The maximum absolute atomic E-state index is 12.2. The number of carbonyl (C=O) groups is 1. The summed E-state index contributed by atoms with van der Waals surface area (Å²) in [5.41, 5.74) is 4.33. The van der Waals surface area contributed by atoms with Crippen LogP contribution in [0.3, 0.4) is 0 Å². The molecule has 0 radical (unpaired) electrons. The second-order valence-corrected chi connectivity index (χ2v) is 10.7. The van der Waals surface area contributed by atoms with Crippen molar-refractivity contribution in [3.05, 3.63) is 23.8 Å². The van der Waals surface area contributed by atoms with Crippen LogP contribution in [0.4, 0.5) is 0 Å². The van der Waals surface area contributed by atoms with Gasteiger partial charge < -0.3 is 0 Å². The third kappa shape index (κ3) is 1.99. The summed E-state index contributed by atoms with van der Waals surface area (Å²) in [5, 5.41) is 0. The van der Waals surface area contributed by atoms with E-state index in [9.17, 15) is 4.79 Å². The monoisotopic (exact) mass is 338 g/mol. The Morgan fingerprint density at radius 2 is 1.76 bits per heavy atom. The van der Waals surface area contributed by atoms with E-state index in [4.69, 9.17) is 0 Å². The fraction of sp³-hybridized carbons (Fsp3) is 0.792. The van der Waals surface area contributed by atoms with E-state index in [1.54, 1.807) is 5.57 Å². The molecule has 5 aliphatic carbocycles. The lowest BCUT2D eigenvalue weighted by atomic mass is 9.45. The first-order chi connectivity index (χ1) is 11.9. The van der Waals surface area contributed by atoms with Gasteiger partial charge in [0.1, 0.15) is 5.78 Å². The number of fused-ring (bicyclic) bond motifs is 6. The van der Waals surface area contributed by atoms with Crippen molar-refractivity contribution in [1.29, 1.82) is 0 Å². The quantitative estimate of drug-likeness (QED) is 0.510. The zero-order chi connectivity index (χ0) is 17.4. The first kappa shape index (κ1) is 16.3. The van der Waals surface area contributed by atoms with Crippen molar-refractivity contribution < 1.29 is 4.79 Å². The molecule has 4 saturated carbocycles. The van der Waals surface area contributed by atoms with E-state index in [0.29, 0.717) is 22.0 Å². The molecule has 1 heteroatoms. The Kier molecular flexibility index (Phi) is 3.34. The molecule has 5 aliphatic rings. The molecule has 4 fully saturated rings. The van der Waals surface area contributed by atoms with Gasteiger partial charge in [0.2, 0.25) is 0 Å². The van der Waals surface area contributed by atoms with Crippen molar-refractivity contribution >= 4 is 5.78 Å². The van der Waals surface area contributed by atoms with Crippen LogP contribution in [0.2, 0.25) is 0 Å². The highest BCUT2D eigenvalue weighted by Crippen LogP contribution is 2.72. The summed E-state index contributed by atoms with van der Waals surface area (Å²) in [6, 6.07) is 0. The van der Waals surface area contributed by atoms with Crippen LogP contribution < -0.4 is 0 Å². The van der Waals surface area contributed by atoms with Crippen LogP contribution in [-0.4, -0.2) is 5.78 Å². The van der Waals surface area contributed by atoms with Crippen molar-refractivity contribution in [2.24, 2.45) is 34.0 Å². The maximum atomic E-state index is 12.2. The molecule has 1 spiro atoms. The fourth-order valence-corrected chi connectivity index (χ4v) is 8.51. The highest BCUT2D eigenvalue weighted by Gasteiger charge is 2.65. The smallest absolute Gasteiger partial charge is 0.133 e. The van der Waals surface area contributed by atoms with E-state index < -0.39 is 0 Å². The molecule has 0 amide bonds. The van der Waals surface area contributed by atoms with Crippen molar-refractivity contribution in [1.82, 2.24) is 0 Å². The SMILES string of the molecule is C=C1C=C2CCC3C(CC[C@@]4(C)C3CCC43CCC(=O)C3)[C@@]2(C)CC1. The van der Waals surface area contributed by atoms with Crippen LogP contribution in [0.1, 0.15) is 84.5 Å². The third-order valence-corrected chi connectivity index (χ3v) is 10.0. The highest BCUT2D eigenvalue weighted by molar-refractivity contribution is 5.81. The van der Waals surface area contributed by atoms with Crippen LogP contribution in [0.15, 0.2) is 23.8 Å². The molecule has 0 heterocycles. The number of rotatable bonds is 0. The van der Waals surface area contributed by atoms with Gasteiger partial charge in [-0.05, 0) is 91.8 Å². The Bertz CT molecular complexity index is 672. The molecule has 0 aliphatic heterocycles. The number of hydrogen-bond acceptors (Lipinski definition) is 1. The first-order valence-corrected chi connectivity index (χ1v) is 10.8. The van der Waals surface area contributed by atoms with E-state index >= 15 is 0 Å². The summed E-state index contributed by atoms with van der Waals surface area (Å²) >= 11 is 0. The summed E-state index contributed by atoms with van der Waals surface area (Å²) in [6.45, 7) is 9.42. The van der Waals surface area contributed by atoms with Crippen molar-refractivity contribution in [2.45, 2.75) is 84.5 Å². The number of allylic oxidation sites excluding steroid dienone is 3. The molecule has 0 saturated heterocycles. The van der Waals surface area contributed by atoms with E-state index in [2.05, 4.69) is 26.5 Å². The average molecular weight is 339 g/mol. The van der Waals surface area contributed by atoms with Crippen LogP contribution in [0, 0.1) is 34.0 Å². The summed E-state index contributed by atoms with van der Waals surface area (Å²) < 4.78 is 0. The van der Waals surface area contributed by atoms with Crippen LogP contribution in [-0.2, 0) is 4.79 Å². The lowest BCUT2D eigenvalue weighted by Gasteiger charge is -2.60. The van der Waals surface area contributed by atoms with Gasteiger partial charge in [-0.1, -0.05) is 37.6 Å². The molecule has 5 rings (SSSR count). The Morgan fingerprint density at radius 3 is 2.52 bits per heavy atom. The first-order valence-electron chi connectivity index (χ1n) is 10.8. The van der Waals surface area contributed by atoms with Crippen LogP contribution in [0.25, 0.3) is 0 Å². The van der Waals surface area contributed by atoms with Gasteiger partial charge in [-0.25, -0.2) is 0 Å². The topological polar surface area (TPSA) is 17.1 Å². The molecule has 1 nitrogen and oxygen atoms in total. The molecule has 0 bridgehead atoms. The molecule has 0 aromatic heterocycles. The Morgan fingerprint density at radius 1 is 0.960 bits per heavy atom. The number of Topliss-reactive ketones (excluding diaryl/α,β-unsaturated/α-hetero) is 1. The molecule has 0 aromatic rings. The van der Waals surface area contributed by atoms with E-state index in [1.807, 2.05) is 0 Å². The standard InChI is InChI=1S/C24H34O/c1-16-6-10-22(2)17(14-16)4-5-19-20(22)8-11-23(3)21(19)9-13-24(23)12-7-18(25)15-24/h14,19-21H,1,4-13,15H2,2-3H3/t19?,20?,21?,22-,23-,24?/m0/s1. The van der Waals surface area contributed by atoms with Gasteiger partial charge in [-0.3, -0.25) is 4.79 Å². The van der Waals surface area contributed by atoms with Gasteiger partial charge >= 0.3 is 0 Å². The van der Waals surface area contributed by atoms with E-state index in [1.165, 1.54) is 63.4 Å². The van der Waals surface area contributed by atoms with E-state index in [0.717, 1.165) is 30.6 Å². The Hall–Kier alpha value is -0.850. The molecule has 136 valence electrons. The van der Waals surface area contributed by atoms with Gasteiger partial charge in [-0.2, -0.15) is 0 Å². The van der Waals surface area contributed by atoms with Crippen LogP contribution >= 0.6 is 0 Å². The normalized spacial score (nSPS) is 51.9.